The number of benzene rings is 1. The minimum Gasteiger partial charge on any atom is -0.492 e. The van der Waals surface area contributed by atoms with E-state index in [9.17, 15) is 0 Å². The number of rotatable bonds is 7. The highest BCUT2D eigenvalue weighted by molar-refractivity contribution is 5.26. The van der Waals surface area contributed by atoms with Gasteiger partial charge in [-0.25, -0.2) is 4.98 Å². The molecule has 2 aromatic rings. The zero-order chi connectivity index (χ0) is 14.4. The van der Waals surface area contributed by atoms with Gasteiger partial charge in [-0.1, -0.05) is 17.7 Å². The average Bonchev–Trinajstić information content (AvgIpc) is 2.84. The summed E-state index contributed by atoms with van der Waals surface area (Å²) in [6.07, 6.45) is 4.73. The van der Waals surface area contributed by atoms with Crippen molar-refractivity contribution in [1.82, 2.24) is 14.9 Å². The van der Waals surface area contributed by atoms with Gasteiger partial charge in [0, 0.05) is 38.4 Å². The van der Waals surface area contributed by atoms with E-state index in [2.05, 4.69) is 40.8 Å². The molecular weight excluding hydrogens is 250 g/mol. The Hall–Kier alpha value is -1.81. The molecule has 0 amide bonds. The van der Waals surface area contributed by atoms with Crippen LogP contribution in [0.1, 0.15) is 18.3 Å². The van der Waals surface area contributed by atoms with Crippen molar-refractivity contribution in [2.45, 2.75) is 26.3 Å². The third-order valence-corrected chi connectivity index (χ3v) is 3.28. The summed E-state index contributed by atoms with van der Waals surface area (Å²) in [4.78, 5) is 4.31. The summed E-state index contributed by atoms with van der Waals surface area (Å²) in [5.74, 6) is 2.03. The van der Waals surface area contributed by atoms with E-state index in [1.165, 1.54) is 5.56 Å². The van der Waals surface area contributed by atoms with Crippen LogP contribution in [0.2, 0.25) is 0 Å². The van der Waals surface area contributed by atoms with Gasteiger partial charge >= 0.3 is 0 Å². The molecule has 4 heteroatoms. The Morgan fingerprint density at radius 1 is 1.30 bits per heavy atom. The molecular formula is C16H23N3O. The Kier molecular flexibility index (Phi) is 5.18. The van der Waals surface area contributed by atoms with Gasteiger partial charge in [0.1, 0.15) is 18.2 Å². The predicted octanol–water partition coefficient (Wildman–Crippen LogP) is 2.33. The van der Waals surface area contributed by atoms with Gasteiger partial charge in [0.15, 0.2) is 0 Å². The number of aromatic nitrogens is 2. The first-order valence-corrected chi connectivity index (χ1v) is 7.04. The molecule has 0 fully saturated rings. The first kappa shape index (κ1) is 14.6. The van der Waals surface area contributed by atoms with E-state index in [-0.39, 0.29) is 0 Å². The molecule has 4 nitrogen and oxygen atoms in total. The molecule has 0 spiro atoms. The fourth-order valence-corrected chi connectivity index (χ4v) is 1.98. The topological polar surface area (TPSA) is 39.1 Å². The third kappa shape index (κ3) is 4.38. The SMILES string of the molecule is Cc1ccc(OCC(C)NCCc2nccn2C)cc1. The Bertz CT molecular complexity index is 519. The summed E-state index contributed by atoms with van der Waals surface area (Å²) >= 11 is 0. The third-order valence-electron chi connectivity index (χ3n) is 3.28. The lowest BCUT2D eigenvalue weighted by atomic mass is 10.2. The maximum Gasteiger partial charge on any atom is 0.119 e. The molecule has 1 aromatic heterocycles. The van der Waals surface area contributed by atoms with E-state index >= 15 is 0 Å². The molecule has 1 atom stereocenters. The highest BCUT2D eigenvalue weighted by atomic mass is 16.5. The van der Waals surface area contributed by atoms with Gasteiger partial charge < -0.3 is 14.6 Å². The van der Waals surface area contributed by atoms with Crippen LogP contribution in [0, 0.1) is 6.92 Å². The molecule has 1 unspecified atom stereocenters. The van der Waals surface area contributed by atoms with Crippen molar-refractivity contribution in [3.05, 3.63) is 48.0 Å². The number of aryl methyl sites for hydroxylation is 2. The van der Waals surface area contributed by atoms with Crippen molar-refractivity contribution in [2.75, 3.05) is 13.2 Å². The number of hydrogen-bond donors (Lipinski definition) is 1. The van der Waals surface area contributed by atoms with Crippen molar-refractivity contribution in [3.63, 3.8) is 0 Å². The van der Waals surface area contributed by atoms with Crippen LogP contribution in [-0.4, -0.2) is 28.7 Å². The molecule has 0 aliphatic carbocycles. The van der Waals surface area contributed by atoms with Gasteiger partial charge in [-0.2, -0.15) is 0 Å². The van der Waals surface area contributed by atoms with Crippen molar-refractivity contribution < 1.29 is 4.74 Å². The molecule has 1 heterocycles. The normalized spacial score (nSPS) is 12.3. The molecule has 1 aromatic carbocycles. The van der Waals surface area contributed by atoms with Crippen LogP contribution in [0.3, 0.4) is 0 Å². The predicted molar refractivity (Wildman–Crippen MR) is 81.1 cm³/mol. The molecule has 108 valence electrons. The zero-order valence-corrected chi connectivity index (χ0v) is 12.5. The van der Waals surface area contributed by atoms with E-state index in [4.69, 9.17) is 4.74 Å². The quantitative estimate of drug-likeness (QED) is 0.841. The first-order chi connectivity index (χ1) is 9.65. The van der Waals surface area contributed by atoms with Gasteiger partial charge in [0.25, 0.3) is 0 Å². The van der Waals surface area contributed by atoms with Crippen molar-refractivity contribution in [3.8, 4) is 5.75 Å². The van der Waals surface area contributed by atoms with Crippen LogP contribution >= 0.6 is 0 Å². The zero-order valence-electron chi connectivity index (χ0n) is 12.5. The van der Waals surface area contributed by atoms with Crippen LogP contribution in [0.4, 0.5) is 0 Å². The van der Waals surface area contributed by atoms with Crippen LogP contribution < -0.4 is 10.1 Å². The number of hydrogen-bond acceptors (Lipinski definition) is 3. The standard InChI is InChI=1S/C16H23N3O/c1-13-4-6-15(7-5-13)20-12-14(2)17-9-8-16-18-10-11-19(16)3/h4-7,10-11,14,17H,8-9,12H2,1-3H3. The van der Waals surface area contributed by atoms with Crippen LogP contribution in [0.5, 0.6) is 5.75 Å². The van der Waals surface area contributed by atoms with Crippen molar-refractivity contribution >= 4 is 0 Å². The Morgan fingerprint density at radius 3 is 2.70 bits per heavy atom. The monoisotopic (exact) mass is 273 g/mol. The Labute approximate surface area is 120 Å². The number of nitrogens with zero attached hydrogens (tertiary/aromatic N) is 2. The molecule has 0 saturated carbocycles. The van der Waals surface area contributed by atoms with E-state index < -0.39 is 0 Å². The maximum absolute atomic E-state index is 5.75. The minimum absolute atomic E-state index is 0.316. The van der Waals surface area contributed by atoms with Crippen LogP contribution in [0.25, 0.3) is 0 Å². The fraction of sp³-hybridized carbons (Fsp3) is 0.438. The smallest absolute Gasteiger partial charge is 0.119 e. The van der Waals surface area contributed by atoms with E-state index in [1.54, 1.807) is 0 Å². The molecule has 0 aliphatic heterocycles. The number of imidazole rings is 1. The minimum atomic E-state index is 0.316. The van der Waals surface area contributed by atoms with Gasteiger partial charge in [-0.3, -0.25) is 0 Å². The summed E-state index contributed by atoms with van der Waals surface area (Å²) in [6, 6.07) is 8.46. The first-order valence-electron chi connectivity index (χ1n) is 7.04. The maximum atomic E-state index is 5.75. The van der Waals surface area contributed by atoms with Gasteiger partial charge in [-0.05, 0) is 26.0 Å². The second-order valence-corrected chi connectivity index (χ2v) is 5.18. The summed E-state index contributed by atoms with van der Waals surface area (Å²) in [6.45, 7) is 5.78. The van der Waals surface area contributed by atoms with E-state index in [1.807, 2.05) is 31.6 Å². The molecule has 20 heavy (non-hydrogen) atoms. The molecule has 0 aliphatic rings. The second kappa shape index (κ2) is 7.10. The molecule has 0 radical (unpaired) electrons. The largest absolute Gasteiger partial charge is 0.492 e. The summed E-state index contributed by atoms with van der Waals surface area (Å²) in [7, 11) is 2.02. The molecule has 0 bridgehead atoms. The highest BCUT2D eigenvalue weighted by Gasteiger charge is 2.04. The van der Waals surface area contributed by atoms with Crippen molar-refractivity contribution in [2.24, 2.45) is 7.05 Å². The average molecular weight is 273 g/mol. The molecule has 2 rings (SSSR count). The van der Waals surface area contributed by atoms with Crippen LogP contribution in [-0.2, 0) is 13.5 Å². The lowest BCUT2D eigenvalue weighted by Crippen LogP contribution is -2.33. The Balaban J connectivity index is 1.66. The molecule has 1 N–H and O–H groups in total. The summed E-state index contributed by atoms with van der Waals surface area (Å²) in [5.41, 5.74) is 1.25. The van der Waals surface area contributed by atoms with Gasteiger partial charge in [-0.15, -0.1) is 0 Å². The molecule has 0 saturated heterocycles. The van der Waals surface area contributed by atoms with Crippen molar-refractivity contribution in [1.29, 1.82) is 0 Å². The van der Waals surface area contributed by atoms with Crippen LogP contribution in [0.15, 0.2) is 36.7 Å². The fourth-order valence-electron chi connectivity index (χ4n) is 1.98. The van der Waals surface area contributed by atoms with Gasteiger partial charge in [0.05, 0.1) is 0 Å². The number of nitrogens with one attached hydrogen (secondary N) is 1. The Morgan fingerprint density at radius 2 is 2.05 bits per heavy atom. The summed E-state index contributed by atoms with van der Waals surface area (Å²) < 4.78 is 7.80. The number of ether oxygens (including phenoxy) is 1. The lowest BCUT2D eigenvalue weighted by Gasteiger charge is -2.15. The highest BCUT2D eigenvalue weighted by Crippen LogP contribution is 2.11. The van der Waals surface area contributed by atoms with Gasteiger partial charge in [0.2, 0.25) is 0 Å². The summed E-state index contributed by atoms with van der Waals surface area (Å²) in [5, 5.41) is 3.45. The lowest BCUT2D eigenvalue weighted by molar-refractivity contribution is 0.273. The van der Waals surface area contributed by atoms with E-state index in [0.717, 1.165) is 24.5 Å². The van der Waals surface area contributed by atoms with E-state index in [0.29, 0.717) is 12.6 Å². The second-order valence-electron chi connectivity index (χ2n) is 5.18.